The van der Waals surface area contributed by atoms with Crippen molar-refractivity contribution >= 4 is 10.9 Å². The van der Waals surface area contributed by atoms with Gasteiger partial charge in [0.2, 0.25) is 0 Å². The molecular weight excluding hydrogens is 190 g/mol. The molecular formula is C12H15NO2. The molecule has 1 aromatic heterocycles. The van der Waals surface area contributed by atoms with Gasteiger partial charge in [0, 0.05) is 24.7 Å². The molecule has 0 aliphatic carbocycles. The number of hydrogen-bond acceptors (Lipinski definition) is 2. The van der Waals surface area contributed by atoms with Crippen LogP contribution in [0.5, 0.6) is 5.75 Å². The smallest absolute Gasteiger partial charge is 0.125 e. The van der Waals surface area contributed by atoms with Gasteiger partial charge < -0.3 is 14.8 Å². The van der Waals surface area contributed by atoms with Crippen LogP contribution in [0, 0.1) is 0 Å². The third-order valence-corrected chi connectivity index (χ3v) is 2.68. The second-order valence-corrected chi connectivity index (χ2v) is 3.59. The Balaban J connectivity index is 2.70. The molecule has 0 radical (unpaired) electrons. The predicted octanol–water partition coefficient (Wildman–Crippen LogP) is 1.90. The first-order chi connectivity index (χ1) is 7.27. The molecule has 0 unspecified atom stereocenters. The summed E-state index contributed by atoms with van der Waals surface area (Å²) in [5.41, 5.74) is 2.04. The average molecular weight is 205 g/mol. The van der Waals surface area contributed by atoms with Crippen LogP contribution in [-0.2, 0) is 13.0 Å². The number of aromatic nitrogens is 1. The summed E-state index contributed by atoms with van der Waals surface area (Å²) in [6, 6.07) is 5.51. The Bertz CT molecular complexity index is 474. The van der Waals surface area contributed by atoms with Crippen LogP contribution < -0.4 is 0 Å². The minimum atomic E-state index is 0.108. The van der Waals surface area contributed by atoms with Crippen molar-refractivity contribution < 1.29 is 10.2 Å². The maximum absolute atomic E-state index is 9.79. The monoisotopic (exact) mass is 205 g/mol. The maximum Gasteiger partial charge on any atom is 0.125 e. The number of aliphatic hydroxyl groups excluding tert-OH is 1. The maximum atomic E-state index is 9.79. The van der Waals surface area contributed by atoms with Gasteiger partial charge in [0.05, 0.1) is 5.52 Å². The van der Waals surface area contributed by atoms with E-state index in [1.807, 2.05) is 18.3 Å². The van der Waals surface area contributed by atoms with Gasteiger partial charge in [0.25, 0.3) is 0 Å². The number of aromatic hydroxyl groups is 1. The molecule has 3 nitrogen and oxygen atoms in total. The third-order valence-electron chi connectivity index (χ3n) is 2.68. The summed E-state index contributed by atoms with van der Waals surface area (Å²) in [6.07, 6.45) is 2.58. The molecule has 0 aliphatic rings. The standard InChI is InChI=1S/C12H15NO2/c1-2-13-8-9(6-7-14)12-10(13)4-3-5-11(12)15/h3-5,8,14-15H,2,6-7H2,1H3. The number of rotatable bonds is 3. The SMILES string of the molecule is CCn1cc(CCO)c2c(O)cccc21. The zero-order chi connectivity index (χ0) is 10.8. The molecule has 2 N–H and O–H groups in total. The number of fused-ring (bicyclic) bond motifs is 1. The van der Waals surface area contributed by atoms with Crippen molar-refractivity contribution in [2.45, 2.75) is 19.9 Å². The molecule has 2 aromatic rings. The van der Waals surface area contributed by atoms with Crippen molar-refractivity contribution in [3.05, 3.63) is 30.0 Å². The van der Waals surface area contributed by atoms with Gasteiger partial charge in [0.15, 0.2) is 0 Å². The molecule has 80 valence electrons. The van der Waals surface area contributed by atoms with E-state index < -0.39 is 0 Å². The average Bonchev–Trinajstić information content (AvgIpc) is 2.59. The van der Waals surface area contributed by atoms with E-state index in [0.717, 1.165) is 23.0 Å². The van der Waals surface area contributed by atoms with E-state index in [-0.39, 0.29) is 6.61 Å². The first-order valence-electron chi connectivity index (χ1n) is 5.18. The number of nitrogens with zero attached hydrogens (tertiary/aromatic N) is 1. The molecule has 0 saturated carbocycles. The van der Waals surface area contributed by atoms with Gasteiger partial charge in [-0.05, 0) is 31.0 Å². The summed E-state index contributed by atoms with van der Waals surface area (Å²) >= 11 is 0. The molecule has 0 fully saturated rings. The molecule has 0 amide bonds. The number of aryl methyl sites for hydroxylation is 1. The normalized spacial score (nSPS) is 11.1. The molecule has 0 aliphatic heterocycles. The highest BCUT2D eigenvalue weighted by Crippen LogP contribution is 2.29. The molecule has 0 spiro atoms. The Morgan fingerprint density at radius 1 is 1.33 bits per heavy atom. The lowest BCUT2D eigenvalue weighted by atomic mass is 10.1. The summed E-state index contributed by atoms with van der Waals surface area (Å²) in [6.45, 7) is 3.04. The first-order valence-corrected chi connectivity index (χ1v) is 5.18. The van der Waals surface area contributed by atoms with Crippen molar-refractivity contribution in [3.8, 4) is 5.75 Å². The van der Waals surface area contributed by atoms with Gasteiger partial charge in [-0.3, -0.25) is 0 Å². The Morgan fingerprint density at radius 3 is 2.80 bits per heavy atom. The van der Waals surface area contributed by atoms with E-state index in [9.17, 15) is 5.11 Å². The van der Waals surface area contributed by atoms with E-state index in [1.54, 1.807) is 6.07 Å². The van der Waals surface area contributed by atoms with E-state index >= 15 is 0 Å². The van der Waals surface area contributed by atoms with Crippen molar-refractivity contribution in [1.29, 1.82) is 0 Å². The molecule has 1 aromatic carbocycles. The van der Waals surface area contributed by atoms with E-state index in [0.29, 0.717) is 12.2 Å². The number of benzene rings is 1. The second-order valence-electron chi connectivity index (χ2n) is 3.59. The highest BCUT2D eigenvalue weighted by Gasteiger charge is 2.10. The van der Waals surface area contributed by atoms with Crippen LogP contribution in [0.2, 0.25) is 0 Å². The van der Waals surface area contributed by atoms with Crippen LogP contribution in [-0.4, -0.2) is 21.4 Å². The van der Waals surface area contributed by atoms with Crippen LogP contribution in [0.3, 0.4) is 0 Å². The Kier molecular flexibility index (Phi) is 2.64. The fraction of sp³-hybridized carbons (Fsp3) is 0.333. The molecule has 0 saturated heterocycles. The Morgan fingerprint density at radius 2 is 2.13 bits per heavy atom. The number of phenolic OH excluding ortho intramolecular Hbond substituents is 1. The molecule has 15 heavy (non-hydrogen) atoms. The largest absolute Gasteiger partial charge is 0.507 e. The summed E-state index contributed by atoms with van der Waals surface area (Å²) < 4.78 is 2.08. The van der Waals surface area contributed by atoms with Crippen LogP contribution in [0.15, 0.2) is 24.4 Å². The zero-order valence-electron chi connectivity index (χ0n) is 8.77. The molecule has 1 heterocycles. The molecule has 0 bridgehead atoms. The lowest BCUT2D eigenvalue weighted by molar-refractivity contribution is 0.300. The van der Waals surface area contributed by atoms with E-state index in [4.69, 9.17) is 5.11 Å². The number of aliphatic hydroxyl groups is 1. The van der Waals surface area contributed by atoms with Gasteiger partial charge in [-0.15, -0.1) is 0 Å². The topological polar surface area (TPSA) is 45.4 Å². The van der Waals surface area contributed by atoms with Crippen LogP contribution in [0.4, 0.5) is 0 Å². The van der Waals surface area contributed by atoms with E-state index in [1.165, 1.54) is 0 Å². The number of phenols is 1. The first kappa shape index (κ1) is 10.1. The van der Waals surface area contributed by atoms with Crippen LogP contribution in [0.25, 0.3) is 10.9 Å². The van der Waals surface area contributed by atoms with Gasteiger partial charge in [0.1, 0.15) is 5.75 Å². The quantitative estimate of drug-likeness (QED) is 0.803. The van der Waals surface area contributed by atoms with Crippen molar-refractivity contribution in [1.82, 2.24) is 4.57 Å². The highest BCUT2D eigenvalue weighted by molar-refractivity contribution is 5.89. The lowest BCUT2D eigenvalue weighted by Crippen LogP contribution is -1.91. The zero-order valence-corrected chi connectivity index (χ0v) is 8.77. The van der Waals surface area contributed by atoms with E-state index in [2.05, 4.69) is 11.5 Å². The van der Waals surface area contributed by atoms with Crippen molar-refractivity contribution in [2.75, 3.05) is 6.61 Å². The third kappa shape index (κ3) is 1.59. The van der Waals surface area contributed by atoms with Gasteiger partial charge in [-0.25, -0.2) is 0 Å². The Hall–Kier alpha value is -1.48. The fourth-order valence-corrected chi connectivity index (χ4v) is 1.99. The minimum absolute atomic E-state index is 0.108. The summed E-state index contributed by atoms with van der Waals surface area (Å²) in [5.74, 6) is 0.295. The molecule has 3 heteroatoms. The Labute approximate surface area is 88.6 Å². The van der Waals surface area contributed by atoms with Crippen LogP contribution >= 0.6 is 0 Å². The molecule has 2 rings (SSSR count). The summed E-state index contributed by atoms with van der Waals surface area (Å²) in [7, 11) is 0. The van der Waals surface area contributed by atoms with Crippen molar-refractivity contribution in [2.24, 2.45) is 0 Å². The van der Waals surface area contributed by atoms with Crippen molar-refractivity contribution in [3.63, 3.8) is 0 Å². The second kappa shape index (κ2) is 3.95. The van der Waals surface area contributed by atoms with Gasteiger partial charge >= 0.3 is 0 Å². The minimum Gasteiger partial charge on any atom is -0.507 e. The summed E-state index contributed by atoms with van der Waals surface area (Å²) in [4.78, 5) is 0. The summed E-state index contributed by atoms with van der Waals surface area (Å²) in [5, 5.41) is 19.6. The number of hydrogen-bond donors (Lipinski definition) is 2. The lowest BCUT2D eigenvalue weighted by Gasteiger charge is -2.00. The van der Waals surface area contributed by atoms with Gasteiger partial charge in [-0.2, -0.15) is 0 Å². The van der Waals surface area contributed by atoms with Gasteiger partial charge in [-0.1, -0.05) is 6.07 Å². The fourth-order valence-electron chi connectivity index (χ4n) is 1.99. The predicted molar refractivity (Wildman–Crippen MR) is 60.1 cm³/mol. The highest BCUT2D eigenvalue weighted by atomic mass is 16.3. The van der Waals surface area contributed by atoms with Crippen LogP contribution in [0.1, 0.15) is 12.5 Å². The molecule has 0 atom stereocenters.